The SMILES string of the molecule is CSC(=NC(c1ccccc1)c1ccccn1)NC#N. The van der Waals surface area contributed by atoms with E-state index in [0.717, 1.165) is 11.3 Å². The Morgan fingerprint density at radius 2 is 2.00 bits per heavy atom. The Kier molecular flexibility index (Phi) is 5.15. The number of aromatic nitrogens is 1. The summed E-state index contributed by atoms with van der Waals surface area (Å²) in [5.41, 5.74) is 1.89. The normalized spacial score (nSPS) is 12.5. The predicted octanol–water partition coefficient (Wildman–Crippen LogP) is 2.96. The molecule has 20 heavy (non-hydrogen) atoms. The van der Waals surface area contributed by atoms with Crippen molar-refractivity contribution in [2.45, 2.75) is 6.04 Å². The van der Waals surface area contributed by atoms with Crippen LogP contribution in [0.4, 0.5) is 0 Å². The van der Waals surface area contributed by atoms with Gasteiger partial charge in [0.05, 0.1) is 5.69 Å². The Labute approximate surface area is 122 Å². The first-order valence-corrected chi connectivity index (χ1v) is 7.30. The molecule has 1 unspecified atom stereocenters. The van der Waals surface area contributed by atoms with Crippen molar-refractivity contribution in [3.05, 3.63) is 66.0 Å². The Morgan fingerprint density at radius 1 is 1.25 bits per heavy atom. The van der Waals surface area contributed by atoms with E-state index in [9.17, 15) is 0 Å². The van der Waals surface area contributed by atoms with Crippen molar-refractivity contribution in [1.29, 1.82) is 5.26 Å². The van der Waals surface area contributed by atoms with E-state index in [2.05, 4.69) is 15.3 Å². The van der Waals surface area contributed by atoms with Gasteiger partial charge in [0.2, 0.25) is 0 Å². The van der Waals surface area contributed by atoms with Crippen LogP contribution in [0.1, 0.15) is 17.3 Å². The van der Waals surface area contributed by atoms with E-state index in [0.29, 0.717) is 5.17 Å². The van der Waals surface area contributed by atoms with Gasteiger partial charge in [0.25, 0.3) is 0 Å². The number of benzene rings is 1. The molecular formula is C15H14N4S. The highest BCUT2D eigenvalue weighted by atomic mass is 32.2. The smallest absolute Gasteiger partial charge is 0.183 e. The van der Waals surface area contributed by atoms with Crippen LogP contribution in [-0.2, 0) is 0 Å². The summed E-state index contributed by atoms with van der Waals surface area (Å²) in [6, 6.07) is 15.4. The summed E-state index contributed by atoms with van der Waals surface area (Å²) >= 11 is 1.40. The van der Waals surface area contributed by atoms with Gasteiger partial charge in [0.1, 0.15) is 6.04 Å². The number of hydrogen-bond donors (Lipinski definition) is 1. The molecular weight excluding hydrogens is 268 g/mol. The Hall–Kier alpha value is -2.32. The highest BCUT2D eigenvalue weighted by molar-refractivity contribution is 8.13. The van der Waals surface area contributed by atoms with Crippen molar-refractivity contribution in [1.82, 2.24) is 10.3 Å². The fraction of sp³-hybridized carbons (Fsp3) is 0.133. The maximum absolute atomic E-state index is 8.75. The van der Waals surface area contributed by atoms with Crippen LogP contribution in [0.15, 0.2) is 59.7 Å². The van der Waals surface area contributed by atoms with Gasteiger partial charge in [-0.15, -0.1) is 0 Å². The zero-order valence-corrected chi connectivity index (χ0v) is 11.8. The molecule has 0 aliphatic rings. The van der Waals surface area contributed by atoms with Gasteiger partial charge in [-0.2, -0.15) is 5.26 Å². The summed E-state index contributed by atoms with van der Waals surface area (Å²) in [7, 11) is 0. The molecule has 0 saturated heterocycles. The molecule has 0 saturated carbocycles. The molecule has 0 aliphatic carbocycles. The molecule has 0 radical (unpaired) electrons. The van der Waals surface area contributed by atoms with E-state index in [1.165, 1.54) is 11.8 Å². The van der Waals surface area contributed by atoms with Crippen molar-refractivity contribution < 1.29 is 0 Å². The van der Waals surface area contributed by atoms with Crippen LogP contribution in [0, 0.1) is 11.5 Å². The molecule has 1 atom stereocenters. The highest BCUT2D eigenvalue weighted by Gasteiger charge is 2.14. The third kappa shape index (κ3) is 3.59. The van der Waals surface area contributed by atoms with E-state index in [1.54, 1.807) is 6.20 Å². The summed E-state index contributed by atoms with van der Waals surface area (Å²) in [6.45, 7) is 0. The first-order chi connectivity index (χ1) is 9.85. The van der Waals surface area contributed by atoms with Crippen LogP contribution in [-0.4, -0.2) is 16.4 Å². The van der Waals surface area contributed by atoms with E-state index in [1.807, 2.05) is 61.0 Å². The van der Waals surface area contributed by atoms with Gasteiger partial charge in [-0.3, -0.25) is 10.3 Å². The summed E-state index contributed by atoms with van der Waals surface area (Å²) in [5, 5.41) is 11.9. The first kappa shape index (κ1) is 14.1. The van der Waals surface area contributed by atoms with Crippen LogP contribution < -0.4 is 5.32 Å². The lowest BCUT2D eigenvalue weighted by Crippen LogP contribution is -2.15. The summed E-state index contributed by atoms with van der Waals surface area (Å²) in [5.74, 6) is 0. The largest absolute Gasteiger partial charge is 0.272 e. The summed E-state index contributed by atoms with van der Waals surface area (Å²) < 4.78 is 0. The number of hydrogen-bond acceptors (Lipinski definition) is 4. The van der Waals surface area contributed by atoms with Gasteiger partial charge >= 0.3 is 0 Å². The van der Waals surface area contributed by atoms with Crippen LogP contribution in [0.3, 0.4) is 0 Å². The Balaban J connectivity index is 2.43. The zero-order valence-electron chi connectivity index (χ0n) is 11.0. The minimum Gasteiger partial charge on any atom is -0.272 e. The molecule has 5 heteroatoms. The fourth-order valence-corrected chi connectivity index (χ4v) is 2.14. The van der Waals surface area contributed by atoms with Crippen molar-refractivity contribution >= 4 is 16.9 Å². The molecule has 0 bridgehead atoms. The van der Waals surface area contributed by atoms with E-state index < -0.39 is 0 Å². The molecule has 1 N–H and O–H groups in total. The van der Waals surface area contributed by atoms with Gasteiger partial charge < -0.3 is 0 Å². The number of pyridine rings is 1. The second kappa shape index (κ2) is 7.31. The van der Waals surface area contributed by atoms with Crippen LogP contribution in [0.2, 0.25) is 0 Å². The minimum absolute atomic E-state index is 0.222. The number of nitrogens with one attached hydrogen (secondary N) is 1. The number of nitrogens with zero attached hydrogens (tertiary/aromatic N) is 3. The van der Waals surface area contributed by atoms with Crippen molar-refractivity contribution in [2.24, 2.45) is 4.99 Å². The van der Waals surface area contributed by atoms with Crippen molar-refractivity contribution in [3.8, 4) is 6.19 Å². The molecule has 1 heterocycles. The average molecular weight is 282 g/mol. The molecule has 2 aromatic rings. The Bertz CT molecular complexity index is 565. The number of amidine groups is 1. The third-order valence-electron chi connectivity index (χ3n) is 2.69. The Morgan fingerprint density at radius 3 is 2.60 bits per heavy atom. The van der Waals surface area contributed by atoms with Crippen LogP contribution in [0.25, 0.3) is 0 Å². The lowest BCUT2D eigenvalue weighted by molar-refractivity contribution is 0.829. The van der Waals surface area contributed by atoms with Crippen LogP contribution in [0.5, 0.6) is 0 Å². The maximum atomic E-state index is 8.75. The van der Waals surface area contributed by atoms with Gasteiger partial charge in [-0.25, -0.2) is 4.99 Å². The number of nitriles is 1. The molecule has 100 valence electrons. The van der Waals surface area contributed by atoms with E-state index >= 15 is 0 Å². The molecule has 1 aromatic heterocycles. The van der Waals surface area contributed by atoms with Crippen molar-refractivity contribution in [2.75, 3.05) is 6.26 Å². The summed E-state index contributed by atoms with van der Waals surface area (Å²) in [4.78, 5) is 8.98. The lowest BCUT2D eigenvalue weighted by Gasteiger charge is -2.13. The number of aliphatic imine (C=N–C) groups is 1. The third-order valence-corrected chi connectivity index (χ3v) is 3.28. The van der Waals surface area contributed by atoms with E-state index in [-0.39, 0.29) is 6.04 Å². The number of rotatable bonds is 3. The van der Waals surface area contributed by atoms with Gasteiger partial charge in [-0.1, -0.05) is 48.2 Å². The first-order valence-electron chi connectivity index (χ1n) is 6.08. The quantitative estimate of drug-likeness (QED) is 0.407. The highest BCUT2D eigenvalue weighted by Crippen LogP contribution is 2.25. The topological polar surface area (TPSA) is 61.1 Å². The minimum atomic E-state index is -0.222. The lowest BCUT2D eigenvalue weighted by atomic mass is 10.0. The molecule has 4 nitrogen and oxygen atoms in total. The van der Waals surface area contributed by atoms with Gasteiger partial charge in [0.15, 0.2) is 11.4 Å². The zero-order chi connectivity index (χ0) is 14.2. The second-order valence-corrected chi connectivity index (χ2v) is 4.74. The molecule has 0 aliphatic heterocycles. The molecule has 0 amide bonds. The molecule has 0 spiro atoms. The van der Waals surface area contributed by atoms with Crippen molar-refractivity contribution in [3.63, 3.8) is 0 Å². The molecule has 2 rings (SSSR count). The second-order valence-electron chi connectivity index (χ2n) is 3.94. The number of thioether (sulfide) groups is 1. The van der Waals surface area contributed by atoms with Gasteiger partial charge in [0, 0.05) is 6.20 Å². The average Bonchev–Trinajstić information content (AvgIpc) is 2.53. The monoisotopic (exact) mass is 282 g/mol. The van der Waals surface area contributed by atoms with Gasteiger partial charge in [-0.05, 0) is 24.0 Å². The molecule has 1 aromatic carbocycles. The van der Waals surface area contributed by atoms with Crippen LogP contribution >= 0.6 is 11.8 Å². The maximum Gasteiger partial charge on any atom is 0.183 e. The standard InChI is InChI=1S/C15H14N4S/c1-20-15(18-11-16)19-14(12-7-3-2-4-8-12)13-9-5-6-10-17-13/h2-10,14H,1H3,(H,18,19). The predicted molar refractivity (Wildman–Crippen MR) is 82.2 cm³/mol. The van der Waals surface area contributed by atoms with E-state index in [4.69, 9.17) is 5.26 Å². The summed E-state index contributed by atoms with van der Waals surface area (Å²) in [6.07, 6.45) is 5.53. The fourth-order valence-electron chi connectivity index (χ4n) is 1.79. The molecule has 0 fully saturated rings.